The van der Waals surface area contributed by atoms with E-state index in [0.717, 1.165) is 6.42 Å². The van der Waals surface area contributed by atoms with Crippen molar-refractivity contribution in [2.45, 2.75) is 46.5 Å². The van der Waals surface area contributed by atoms with E-state index in [2.05, 4.69) is 38.1 Å². The molecule has 0 heterocycles. The van der Waals surface area contributed by atoms with E-state index in [9.17, 15) is 4.79 Å². The Morgan fingerprint density at radius 3 is 2.19 bits per heavy atom. The fourth-order valence-corrected chi connectivity index (χ4v) is 1.72. The lowest BCUT2D eigenvalue weighted by atomic mass is 9.94. The quantitative estimate of drug-likeness (QED) is 0.731. The van der Waals surface area contributed by atoms with Crippen LogP contribution < -0.4 is 0 Å². The van der Waals surface area contributed by atoms with Crippen LogP contribution in [0, 0.1) is 5.92 Å². The van der Waals surface area contributed by atoms with E-state index in [1.54, 1.807) is 6.92 Å². The predicted molar refractivity (Wildman–Crippen MR) is 68.7 cm³/mol. The number of hydrogen-bond acceptors (Lipinski definition) is 1. The molecule has 0 aliphatic carbocycles. The van der Waals surface area contributed by atoms with Gasteiger partial charge in [-0.25, -0.2) is 0 Å². The van der Waals surface area contributed by atoms with Crippen molar-refractivity contribution in [3.05, 3.63) is 35.4 Å². The molecule has 0 fully saturated rings. The van der Waals surface area contributed by atoms with Crippen LogP contribution in [0.2, 0.25) is 0 Å². The Hall–Kier alpha value is -1.11. The van der Waals surface area contributed by atoms with Gasteiger partial charge in [0.25, 0.3) is 0 Å². The van der Waals surface area contributed by atoms with Crippen molar-refractivity contribution < 1.29 is 4.79 Å². The zero-order valence-electron chi connectivity index (χ0n) is 10.8. The molecule has 0 radical (unpaired) electrons. The lowest BCUT2D eigenvalue weighted by Gasteiger charge is -2.11. The van der Waals surface area contributed by atoms with Gasteiger partial charge in [0.05, 0.1) is 0 Å². The second-order valence-corrected chi connectivity index (χ2v) is 4.77. The highest BCUT2D eigenvalue weighted by atomic mass is 16.1. The van der Waals surface area contributed by atoms with Crippen molar-refractivity contribution in [2.75, 3.05) is 0 Å². The average Bonchev–Trinajstić information content (AvgIpc) is 2.28. The summed E-state index contributed by atoms with van der Waals surface area (Å²) >= 11 is 0. The van der Waals surface area contributed by atoms with E-state index in [4.69, 9.17) is 0 Å². The molecular formula is C15H22O. The minimum absolute atomic E-state index is 0.134. The van der Waals surface area contributed by atoms with Crippen LogP contribution in [0.1, 0.15) is 51.2 Å². The lowest BCUT2D eigenvalue weighted by Crippen LogP contribution is -2.09. The van der Waals surface area contributed by atoms with Crippen molar-refractivity contribution in [3.8, 4) is 0 Å². The maximum absolute atomic E-state index is 11.2. The van der Waals surface area contributed by atoms with Gasteiger partial charge in [0.15, 0.2) is 0 Å². The molecule has 0 aromatic heterocycles. The summed E-state index contributed by atoms with van der Waals surface area (Å²) in [6.45, 7) is 8.10. The molecule has 1 aromatic carbocycles. The fraction of sp³-hybridized carbons (Fsp3) is 0.533. The number of benzene rings is 1. The van der Waals surface area contributed by atoms with Crippen LogP contribution in [-0.2, 0) is 11.2 Å². The Labute approximate surface area is 98.9 Å². The van der Waals surface area contributed by atoms with Gasteiger partial charge in [-0.3, -0.25) is 4.79 Å². The van der Waals surface area contributed by atoms with Crippen LogP contribution in [0.4, 0.5) is 0 Å². The molecule has 0 saturated heterocycles. The molecule has 1 nitrogen and oxygen atoms in total. The van der Waals surface area contributed by atoms with Gasteiger partial charge in [-0.1, -0.05) is 45.0 Å². The smallest absolute Gasteiger partial charge is 0.132 e. The third kappa shape index (κ3) is 3.48. The van der Waals surface area contributed by atoms with Gasteiger partial charge in [0, 0.05) is 5.92 Å². The van der Waals surface area contributed by atoms with E-state index >= 15 is 0 Å². The highest BCUT2D eigenvalue weighted by Crippen LogP contribution is 2.19. The van der Waals surface area contributed by atoms with Crippen molar-refractivity contribution in [2.24, 2.45) is 5.92 Å². The number of hydrogen-bond donors (Lipinski definition) is 0. The number of carbonyl (C=O) groups excluding carboxylic acids is 1. The summed E-state index contributed by atoms with van der Waals surface area (Å²) in [5.41, 5.74) is 2.65. The van der Waals surface area contributed by atoms with Gasteiger partial charge in [-0.2, -0.15) is 0 Å². The molecule has 88 valence electrons. The van der Waals surface area contributed by atoms with Crippen molar-refractivity contribution in [1.29, 1.82) is 0 Å². The first-order valence-corrected chi connectivity index (χ1v) is 6.13. The van der Waals surface area contributed by atoms with Gasteiger partial charge in [-0.15, -0.1) is 0 Å². The standard InChI is InChI=1S/C15H22O/c1-5-11(2)15-8-6-14(7-9-15)10-12(3)13(4)16/h6-9,11-12H,5,10H2,1-4H3. The lowest BCUT2D eigenvalue weighted by molar-refractivity contribution is -0.120. The maximum atomic E-state index is 11.2. The minimum Gasteiger partial charge on any atom is -0.300 e. The average molecular weight is 218 g/mol. The molecule has 2 unspecified atom stereocenters. The Kier molecular flexibility index (Phi) is 4.72. The van der Waals surface area contributed by atoms with Gasteiger partial charge >= 0.3 is 0 Å². The van der Waals surface area contributed by atoms with E-state index in [0.29, 0.717) is 5.92 Å². The van der Waals surface area contributed by atoms with Crippen LogP contribution in [0.15, 0.2) is 24.3 Å². The van der Waals surface area contributed by atoms with E-state index in [1.807, 2.05) is 6.92 Å². The molecule has 1 heteroatoms. The molecule has 1 rings (SSSR count). The molecule has 0 aliphatic heterocycles. The molecule has 0 bridgehead atoms. The van der Waals surface area contributed by atoms with Gasteiger partial charge in [0.1, 0.15) is 5.78 Å². The third-order valence-electron chi connectivity index (χ3n) is 3.40. The molecule has 0 spiro atoms. The first-order valence-electron chi connectivity index (χ1n) is 6.13. The fourth-order valence-electron chi connectivity index (χ4n) is 1.72. The molecule has 0 aliphatic rings. The monoisotopic (exact) mass is 218 g/mol. The van der Waals surface area contributed by atoms with Gasteiger partial charge < -0.3 is 0 Å². The molecule has 0 saturated carbocycles. The number of ketones is 1. The topological polar surface area (TPSA) is 17.1 Å². The second-order valence-electron chi connectivity index (χ2n) is 4.77. The van der Waals surface area contributed by atoms with Crippen molar-refractivity contribution >= 4 is 5.78 Å². The third-order valence-corrected chi connectivity index (χ3v) is 3.40. The summed E-state index contributed by atoms with van der Waals surface area (Å²) < 4.78 is 0. The summed E-state index contributed by atoms with van der Waals surface area (Å²) in [6, 6.07) is 8.69. The SMILES string of the molecule is CCC(C)c1ccc(CC(C)C(C)=O)cc1. The second kappa shape index (κ2) is 5.83. The molecule has 0 N–H and O–H groups in total. The van der Waals surface area contributed by atoms with Crippen LogP contribution in [0.5, 0.6) is 0 Å². The summed E-state index contributed by atoms with van der Waals surface area (Å²) in [4.78, 5) is 11.2. The van der Waals surface area contributed by atoms with E-state index < -0.39 is 0 Å². The van der Waals surface area contributed by atoms with E-state index in [-0.39, 0.29) is 11.7 Å². The van der Waals surface area contributed by atoms with Gasteiger partial charge in [-0.05, 0) is 36.8 Å². The summed E-state index contributed by atoms with van der Waals surface area (Å²) in [5, 5.41) is 0. The van der Waals surface area contributed by atoms with Crippen LogP contribution in [-0.4, -0.2) is 5.78 Å². The van der Waals surface area contributed by atoms with Crippen molar-refractivity contribution in [1.82, 2.24) is 0 Å². The summed E-state index contributed by atoms with van der Waals surface area (Å²) in [6.07, 6.45) is 2.03. The van der Waals surface area contributed by atoms with Crippen LogP contribution in [0.25, 0.3) is 0 Å². The molecule has 0 amide bonds. The minimum atomic E-state index is 0.134. The Balaban J connectivity index is 2.68. The zero-order valence-corrected chi connectivity index (χ0v) is 10.8. The maximum Gasteiger partial charge on any atom is 0.132 e. The normalized spacial score (nSPS) is 14.5. The molecule has 16 heavy (non-hydrogen) atoms. The van der Waals surface area contributed by atoms with Crippen LogP contribution >= 0.6 is 0 Å². The molecule has 1 aromatic rings. The van der Waals surface area contributed by atoms with Crippen molar-refractivity contribution in [3.63, 3.8) is 0 Å². The Morgan fingerprint density at radius 1 is 1.19 bits per heavy atom. The molecular weight excluding hydrogens is 196 g/mol. The molecule has 2 atom stereocenters. The highest BCUT2D eigenvalue weighted by Gasteiger charge is 2.09. The Bertz CT molecular complexity index is 337. The van der Waals surface area contributed by atoms with Crippen LogP contribution in [0.3, 0.4) is 0 Å². The van der Waals surface area contributed by atoms with E-state index in [1.165, 1.54) is 17.5 Å². The number of Topliss-reactive ketones (excluding diaryl/α,β-unsaturated/α-hetero) is 1. The summed E-state index contributed by atoms with van der Waals surface area (Å²) in [7, 11) is 0. The summed E-state index contributed by atoms with van der Waals surface area (Å²) in [5.74, 6) is 1.03. The van der Waals surface area contributed by atoms with Gasteiger partial charge in [0.2, 0.25) is 0 Å². The first kappa shape index (κ1) is 13.0. The number of rotatable bonds is 5. The number of carbonyl (C=O) groups is 1. The first-order chi connectivity index (χ1) is 7.54. The zero-order chi connectivity index (χ0) is 12.1. The Morgan fingerprint density at radius 2 is 1.75 bits per heavy atom. The predicted octanol–water partition coefficient (Wildman–Crippen LogP) is 3.97. The largest absolute Gasteiger partial charge is 0.300 e. The highest BCUT2D eigenvalue weighted by molar-refractivity contribution is 5.78.